The Bertz CT molecular complexity index is 664. The van der Waals surface area contributed by atoms with Gasteiger partial charge in [-0.3, -0.25) is 0 Å². The molecule has 0 aliphatic heterocycles. The minimum absolute atomic E-state index is 0.0534. The summed E-state index contributed by atoms with van der Waals surface area (Å²) in [5.41, 5.74) is 2.12. The molecular weight excluding hydrogens is 363 g/mol. The molecule has 0 atom stereocenters. The van der Waals surface area contributed by atoms with Crippen molar-refractivity contribution in [3.8, 4) is 0 Å². The summed E-state index contributed by atoms with van der Waals surface area (Å²) in [4.78, 5) is 0. The Kier molecular flexibility index (Phi) is 4.96. The van der Waals surface area contributed by atoms with Gasteiger partial charge < -0.3 is 10.6 Å². The number of hydrogen-bond acceptors (Lipinski definition) is 1. The number of nitrogens with one attached hydrogen (secondary N) is 2. The van der Waals surface area contributed by atoms with Gasteiger partial charge in [0.05, 0.1) is 10.7 Å². The molecule has 2 rings (SSSR count). The first-order valence-electron chi connectivity index (χ1n) is 5.75. The van der Waals surface area contributed by atoms with Crippen molar-refractivity contribution in [2.45, 2.75) is 6.92 Å². The topological polar surface area (TPSA) is 24.1 Å². The van der Waals surface area contributed by atoms with Crippen LogP contribution in [0.3, 0.4) is 0 Å². The predicted octanol–water partition coefficient (Wildman–Crippen LogP) is 5.36. The average molecular weight is 374 g/mol. The summed E-state index contributed by atoms with van der Waals surface area (Å²) in [6.07, 6.45) is 0. The summed E-state index contributed by atoms with van der Waals surface area (Å²) >= 11 is 14.3. The maximum absolute atomic E-state index is 13.7. The summed E-state index contributed by atoms with van der Waals surface area (Å²) < 4.78 is 14.7. The number of halogens is 3. The summed E-state index contributed by atoms with van der Waals surface area (Å²) in [6, 6.07) is 10.5. The SMILES string of the molecule is Cc1cc(Br)ccc1NC(=S)Nc1cccc(Cl)c1F. The van der Waals surface area contributed by atoms with Crippen LogP contribution in [-0.4, -0.2) is 5.11 Å². The lowest BCUT2D eigenvalue weighted by molar-refractivity contribution is 0.632. The first-order valence-corrected chi connectivity index (χ1v) is 7.33. The van der Waals surface area contributed by atoms with Gasteiger partial charge in [0.15, 0.2) is 10.9 Å². The molecule has 0 bridgehead atoms. The fraction of sp³-hybridized carbons (Fsp3) is 0.0714. The minimum atomic E-state index is -0.522. The van der Waals surface area contributed by atoms with Crippen molar-refractivity contribution >= 4 is 56.2 Å². The van der Waals surface area contributed by atoms with Gasteiger partial charge in [-0.2, -0.15) is 0 Å². The van der Waals surface area contributed by atoms with E-state index in [2.05, 4.69) is 26.6 Å². The smallest absolute Gasteiger partial charge is 0.175 e. The molecule has 0 saturated heterocycles. The Labute approximate surface area is 135 Å². The van der Waals surface area contributed by atoms with Crippen molar-refractivity contribution in [1.82, 2.24) is 0 Å². The zero-order valence-corrected chi connectivity index (χ0v) is 13.7. The first-order chi connectivity index (χ1) is 9.47. The molecule has 0 aromatic heterocycles. The van der Waals surface area contributed by atoms with Crippen LogP contribution in [0.5, 0.6) is 0 Å². The zero-order valence-electron chi connectivity index (χ0n) is 10.5. The second kappa shape index (κ2) is 6.52. The average Bonchev–Trinajstić information content (AvgIpc) is 2.38. The molecule has 0 aliphatic carbocycles. The van der Waals surface area contributed by atoms with Crippen molar-refractivity contribution in [1.29, 1.82) is 0 Å². The van der Waals surface area contributed by atoms with Gasteiger partial charge in [-0.25, -0.2) is 4.39 Å². The standard InChI is InChI=1S/C14H11BrClFN2S/c1-8-7-9(15)5-6-11(8)18-14(20)19-12-4-2-3-10(16)13(12)17/h2-7H,1H3,(H2,18,19,20). The highest BCUT2D eigenvalue weighted by Crippen LogP contribution is 2.23. The molecule has 0 fully saturated rings. The second-order valence-corrected chi connectivity index (χ2v) is 5.87. The molecule has 2 aromatic carbocycles. The van der Waals surface area contributed by atoms with E-state index in [1.807, 2.05) is 25.1 Å². The Morgan fingerprint density at radius 2 is 1.90 bits per heavy atom. The minimum Gasteiger partial charge on any atom is -0.332 e. The maximum Gasteiger partial charge on any atom is 0.175 e. The number of anilines is 2. The van der Waals surface area contributed by atoms with Gasteiger partial charge in [0.1, 0.15) is 0 Å². The number of thiocarbonyl (C=S) groups is 1. The van der Waals surface area contributed by atoms with Crippen molar-refractivity contribution < 1.29 is 4.39 Å². The molecule has 2 aromatic rings. The Balaban J connectivity index is 2.11. The third kappa shape index (κ3) is 3.69. The molecular formula is C14H11BrClFN2S. The van der Waals surface area contributed by atoms with Gasteiger partial charge in [0.2, 0.25) is 0 Å². The molecule has 2 nitrogen and oxygen atoms in total. The number of rotatable bonds is 2. The molecule has 0 saturated carbocycles. The quantitative estimate of drug-likeness (QED) is 0.693. The Morgan fingerprint density at radius 3 is 2.60 bits per heavy atom. The molecule has 2 N–H and O–H groups in total. The van der Waals surface area contributed by atoms with E-state index in [-0.39, 0.29) is 10.7 Å². The van der Waals surface area contributed by atoms with Gasteiger partial charge in [-0.15, -0.1) is 0 Å². The van der Waals surface area contributed by atoms with E-state index in [1.165, 1.54) is 6.07 Å². The Hall–Kier alpha value is -1.17. The third-order valence-corrected chi connectivity index (χ3v) is 3.63. The highest BCUT2D eigenvalue weighted by molar-refractivity contribution is 9.10. The molecule has 0 unspecified atom stereocenters. The first kappa shape index (κ1) is 15.2. The summed E-state index contributed by atoms with van der Waals surface area (Å²) in [7, 11) is 0. The van der Waals surface area contributed by atoms with Crippen molar-refractivity contribution in [2.24, 2.45) is 0 Å². The van der Waals surface area contributed by atoms with Crippen LogP contribution in [0.4, 0.5) is 15.8 Å². The van der Waals surface area contributed by atoms with Crippen LogP contribution in [0.15, 0.2) is 40.9 Å². The van der Waals surface area contributed by atoms with E-state index >= 15 is 0 Å². The number of hydrogen-bond donors (Lipinski definition) is 2. The van der Waals surface area contributed by atoms with E-state index in [0.29, 0.717) is 5.11 Å². The highest BCUT2D eigenvalue weighted by atomic mass is 79.9. The third-order valence-electron chi connectivity index (χ3n) is 2.64. The molecule has 0 aliphatic rings. The van der Waals surface area contributed by atoms with Crippen LogP contribution < -0.4 is 10.6 Å². The summed E-state index contributed by atoms with van der Waals surface area (Å²) in [5.74, 6) is -0.522. The van der Waals surface area contributed by atoms with Crippen molar-refractivity contribution in [3.63, 3.8) is 0 Å². The lowest BCUT2D eigenvalue weighted by atomic mass is 10.2. The molecule has 0 amide bonds. The van der Waals surface area contributed by atoms with E-state index in [4.69, 9.17) is 23.8 Å². The normalized spacial score (nSPS) is 10.2. The van der Waals surface area contributed by atoms with E-state index in [0.717, 1.165) is 15.7 Å². The monoisotopic (exact) mass is 372 g/mol. The van der Waals surface area contributed by atoms with Crippen LogP contribution in [0, 0.1) is 12.7 Å². The van der Waals surface area contributed by atoms with Crippen LogP contribution in [0.1, 0.15) is 5.56 Å². The van der Waals surface area contributed by atoms with Gasteiger partial charge in [0, 0.05) is 10.2 Å². The maximum atomic E-state index is 13.7. The second-order valence-electron chi connectivity index (χ2n) is 4.14. The predicted molar refractivity (Wildman–Crippen MR) is 90.1 cm³/mol. The van der Waals surface area contributed by atoms with Crippen LogP contribution in [0.25, 0.3) is 0 Å². The van der Waals surface area contributed by atoms with E-state index in [1.54, 1.807) is 12.1 Å². The fourth-order valence-corrected chi connectivity index (χ4v) is 2.51. The number of aryl methyl sites for hydroxylation is 1. The lowest BCUT2D eigenvalue weighted by Crippen LogP contribution is -2.20. The molecule has 104 valence electrons. The number of benzene rings is 2. The molecule has 0 spiro atoms. The van der Waals surface area contributed by atoms with Gasteiger partial charge >= 0.3 is 0 Å². The van der Waals surface area contributed by atoms with Gasteiger partial charge in [0.25, 0.3) is 0 Å². The van der Waals surface area contributed by atoms with E-state index in [9.17, 15) is 4.39 Å². The van der Waals surface area contributed by atoms with Gasteiger partial charge in [-0.05, 0) is 55.0 Å². The van der Waals surface area contributed by atoms with Crippen LogP contribution in [0.2, 0.25) is 5.02 Å². The largest absolute Gasteiger partial charge is 0.332 e. The molecule has 0 heterocycles. The van der Waals surface area contributed by atoms with Crippen molar-refractivity contribution in [2.75, 3.05) is 10.6 Å². The Morgan fingerprint density at radius 1 is 1.20 bits per heavy atom. The van der Waals surface area contributed by atoms with E-state index < -0.39 is 5.82 Å². The summed E-state index contributed by atoms with van der Waals surface area (Å²) in [6.45, 7) is 1.95. The molecule has 6 heteroatoms. The summed E-state index contributed by atoms with van der Waals surface area (Å²) in [5, 5.41) is 6.17. The van der Waals surface area contributed by atoms with Crippen LogP contribution >= 0.6 is 39.7 Å². The van der Waals surface area contributed by atoms with Gasteiger partial charge in [-0.1, -0.05) is 33.6 Å². The fourth-order valence-electron chi connectivity index (χ4n) is 1.64. The highest BCUT2D eigenvalue weighted by Gasteiger charge is 2.08. The lowest BCUT2D eigenvalue weighted by Gasteiger charge is -2.13. The van der Waals surface area contributed by atoms with Crippen molar-refractivity contribution in [3.05, 3.63) is 57.3 Å². The molecule has 20 heavy (non-hydrogen) atoms. The molecule has 0 radical (unpaired) electrons. The van der Waals surface area contributed by atoms with Crippen LogP contribution in [-0.2, 0) is 0 Å². The zero-order chi connectivity index (χ0) is 14.7.